The highest BCUT2D eigenvalue weighted by molar-refractivity contribution is 5.30. The number of hydrogen-bond acceptors (Lipinski definition) is 2. The molecule has 3 N–H and O–H groups in total. The first-order chi connectivity index (χ1) is 6.96. The summed E-state index contributed by atoms with van der Waals surface area (Å²) in [6.07, 6.45) is 0.239. The van der Waals surface area contributed by atoms with Crippen molar-refractivity contribution >= 4 is 0 Å². The summed E-state index contributed by atoms with van der Waals surface area (Å²) in [6, 6.07) is 2.81. The molecule has 1 rings (SSSR count). The van der Waals surface area contributed by atoms with Gasteiger partial charge < -0.3 is 10.8 Å². The van der Waals surface area contributed by atoms with E-state index in [2.05, 4.69) is 0 Å². The zero-order valence-electron chi connectivity index (χ0n) is 8.85. The summed E-state index contributed by atoms with van der Waals surface area (Å²) in [4.78, 5) is 0. The van der Waals surface area contributed by atoms with E-state index in [-0.39, 0.29) is 24.1 Å². The zero-order valence-corrected chi connectivity index (χ0v) is 8.85. The number of halogens is 2. The van der Waals surface area contributed by atoms with Gasteiger partial charge in [-0.25, -0.2) is 8.78 Å². The fourth-order valence-electron chi connectivity index (χ4n) is 1.45. The van der Waals surface area contributed by atoms with Crippen molar-refractivity contribution in [2.24, 2.45) is 5.73 Å². The van der Waals surface area contributed by atoms with Gasteiger partial charge in [0.05, 0.1) is 0 Å². The fourth-order valence-corrected chi connectivity index (χ4v) is 1.45. The van der Waals surface area contributed by atoms with E-state index in [1.165, 1.54) is 19.1 Å². The molecule has 0 radical (unpaired) electrons. The largest absolute Gasteiger partial charge is 0.384 e. The van der Waals surface area contributed by atoms with Crippen molar-refractivity contribution in [2.75, 3.05) is 6.54 Å². The molecule has 0 aromatic heterocycles. The molecule has 0 amide bonds. The summed E-state index contributed by atoms with van der Waals surface area (Å²) in [5, 5.41) is 9.96. The van der Waals surface area contributed by atoms with Gasteiger partial charge in [-0.05, 0) is 18.9 Å². The molecule has 0 fully saturated rings. The highest BCUT2D eigenvalue weighted by atomic mass is 19.2. The van der Waals surface area contributed by atoms with Crippen LogP contribution in [-0.2, 0) is 5.60 Å². The number of rotatable bonds is 3. The molecule has 0 heterocycles. The molecule has 84 valence electrons. The minimum atomic E-state index is -1.49. The molecule has 0 spiro atoms. The number of nitrogens with two attached hydrogens (primary N) is 1. The summed E-state index contributed by atoms with van der Waals surface area (Å²) in [5.41, 5.74) is 4.02. The van der Waals surface area contributed by atoms with Crippen LogP contribution < -0.4 is 5.73 Å². The number of aryl methyl sites for hydroxylation is 1. The van der Waals surface area contributed by atoms with E-state index in [1.807, 2.05) is 0 Å². The smallest absolute Gasteiger partial charge is 0.165 e. The van der Waals surface area contributed by atoms with Crippen molar-refractivity contribution in [1.82, 2.24) is 0 Å². The van der Waals surface area contributed by atoms with E-state index in [1.54, 1.807) is 6.92 Å². The van der Waals surface area contributed by atoms with Crippen molar-refractivity contribution < 1.29 is 13.9 Å². The first-order valence-electron chi connectivity index (χ1n) is 4.83. The van der Waals surface area contributed by atoms with Crippen LogP contribution in [0.1, 0.15) is 24.5 Å². The SMILES string of the molecule is CCC(O)(CN)c1ccc(C)c(F)c1F. The van der Waals surface area contributed by atoms with Crippen LogP contribution in [0.25, 0.3) is 0 Å². The average molecular weight is 215 g/mol. The molecular formula is C11H15F2NO. The van der Waals surface area contributed by atoms with Crippen LogP contribution in [0, 0.1) is 18.6 Å². The van der Waals surface area contributed by atoms with Gasteiger partial charge in [0.15, 0.2) is 11.6 Å². The molecule has 1 aromatic rings. The highest BCUT2D eigenvalue weighted by Crippen LogP contribution is 2.28. The second-order valence-electron chi connectivity index (χ2n) is 3.65. The lowest BCUT2D eigenvalue weighted by atomic mass is 9.90. The predicted octanol–water partition coefficient (Wildman–Crippen LogP) is 1.83. The lowest BCUT2D eigenvalue weighted by Gasteiger charge is -2.26. The molecule has 0 bridgehead atoms. The summed E-state index contributed by atoms with van der Waals surface area (Å²) in [5.74, 6) is -1.93. The lowest BCUT2D eigenvalue weighted by Crippen LogP contribution is -2.35. The van der Waals surface area contributed by atoms with E-state index in [0.29, 0.717) is 0 Å². The van der Waals surface area contributed by atoms with Crippen LogP contribution in [-0.4, -0.2) is 11.7 Å². The van der Waals surface area contributed by atoms with Crippen LogP contribution in [0.2, 0.25) is 0 Å². The van der Waals surface area contributed by atoms with Crippen LogP contribution >= 0.6 is 0 Å². The summed E-state index contributed by atoms with van der Waals surface area (Å²) < 4.78 is 26.8. The predicted molar refractivity (Wildman–Crippen MR) is 54.3 cm³/mol. The van der Waals surface area contributed by atoms with Gasteiger partial charge >= 0.3 is 0 Å². The number of aliphatic hydroxyl groups is 1. The molecule has 15 heavy (non-hydrogen) atoms. The van der Waals surface area contributed by atoms with E-state index in [4.69, 9.17) is 5.73 Å². The molecule has 1 unspecified atom stereocenters. The first kappa shape index (κ1) is 12.1. The maximum atomic E-state index is 13.5. The number of hydrogen-bond donors (Lipinski definition) is 2. The quantitative estimate of drug-likeness (QED) is 0.808. The number of benzene rings is 1. The Morgan fingerprint density at radius 3 is 2.40 bits per heavy atom. The Kier molecular flexibility index (Phi) is 3.42. The minimum Gasteiger partial charge on any atom is -0.384 e. The van der Waals surface area contributed by atoms with Gasteiger partial charge in [-0.1, -0.05) is 19.1 Å². The Labute approximate surface area is 87.7 Å². The first-order valence-corrected chi connectivity index (χ1v) is 4.83. The molecule has 0 aliphatic carbocycles. The minimum absolute atomic E-state index is 0.0735. The summed E-state index contributed by atoms with van der Waals surface area (Å²) >= 11 is 0. The van der Waals surface area contributed by atoms with Crippen LogP contribution in [0.15, 0.2) is 12.1 Å². The van der Waals surface area contributed by atoms with Crippen molar-refractivity contribution in [3.63, 3.8) is 0 Å². The van der Waals surface area contributed by atoms with Crippen LogP contribution in [0.4, 0.5) is 8.78 Å². The summed E-state index contributed by atoms with van der Waals surface area (Å²) in [6.45, 7) is 3.00. The third-order valence-corrected chi connectivity index (χ3v) is 2.70. The third-order valence-electron chi connectivity index (χ3n) is 2.70. The van der Waals surface area contributed by atoms with E-state index in [9.17, 15) is 13.9 Å². The lowest BCUT2D eigenvalue weighted by molar-refractivity contribution is 0.0375. The van der Waals surface area contributed by atoms with Crippen molar-refractivity contribution in [3.8, 4) is 0 Å². The zero-order chi connectivity index (χ0) is 11.6. The maximum Gasteiger partial charge on any atom is 0.165 e. The van der Waals surface area contributed by atoms with Gasteiger partial charge in [-0.15, -0.1) is 0 Å². The standard InChI is InChI=1S/C11H15F2NO/c1-3-11(15,6-14)8-5-4-7(2)9(12)10(8)13/h4-5,15H,3,6,14H2,1-2H3. The molecule has 0 saturated carbocycles. The molecule has 4 heteroatoms. The van der Waals surface area contributed by atoms with Crippen LogP contribution in [0.5, 0.6) is 0 Å². The Morgan fingerprint density at radius 1 is 1.33 bits per heavy atom. The van der Waals surface area contributed by atoms with Gasteiger partial charge in [0.1, 0.15) is 5.60 Å². The van der Waals surface area contributed by atoms with E-state index >= 15 is 0 Å². The Morgan fingerprint density at radius 2 is 1.93 bits per heavy atom. The monoisotopic (exact) mass is 215 g/mol. The molecule has 2 nitrogen and oxygen atoms in total. The molecule has 0 saturated heterocycles. The second kappa shape index (κ2) is 4.24. The van der Waals surface area contributed by atoms with Gasteiger partial charge in [0, 0.05) is 12.1 Å². The topological polar surface area (TPSA) is 46.2 Å². The van der Waals surface area contributed by atoms with Crippen LogP contribution in [0.3, 0.4) is 0 Å². The second-order valence-corrected chi connectivity index (χ2v) is 3.65. The summed E-state index contributed by atoms with van der Waals surface area (Å²) in [7, 11) is 0. The normalized spacial score (nSPS) is 15.1. The van der Waals surface area contributed by atoms with Gasteiger partial charge in [0.25, 0.3) is 0 Å². The molecule has 0 aliphatic rings. The van der Waals surface area contributed by atoms with E-state index in [0.717, 1.165) is 0 Å². The van der Waals surface area contributed by atoms with Gasteiger partial charge in [-0.2, -0.15) is 0 Å². The molecule has 1 aromatic carbocycles. The van der Waals surface area contributed by atoms with Gasteiger partial charge in [0.2, 0.25) is 0 Å². The highest BCUT2D eigenvalue weighted by Gasteiger charge is 2.30. The Bertz CT molecular complexity index is 362. The van der Waals surface area contributed by atoms with Crippen molar-refractivity contribution in [2.45, 2.75) is 25.9 Å². The molecule has 0 aliphatic heterocycles. The Balaban J connectivity index is 3.32. The van der Waals surface area contributed by atoms with E-state index < -0.39 is 17.2 Å². The maximum absolute atomic E-state index is 13.5. The van der Waals surface area contributed by atoms with Crippen molar-refractivity contribution in [1.29, 1.82) is 0 Å². The van der Waals surface area contributed by atoms with Gasteiger partial charge in [-0.3, -0.25) is 0 Å². The van der Waals surface area contributed by atoms with Crippen molar-refractivity contribution in [3.05, 3.63) is 34.9 Å². The Hall–Kier alpha value is -1.00. The third kappa shape index (κ3) is 2.01. The molecular weight excluding hydrogens is 200 g/mol. The molecule has 1 atom stereocenters. The fraction of sp³-hybridized carbons (Fsp3) is 0.455. The average Bonchev–Trinajstić information content (AvgIpc) is 2.25.